The minimum Gasteiger partial charge on any atom is -0.493 e. The molecule has 0 fully saturated rings. The van der Waals surface area contributed by atoms with Gasteiger partial charge in [0.1, 0.15) is 6.54 Å². The summed E-state index contributed by atoms with van der Waals surface area (Å²) >= 11 is 6.30. The summed E-state index contributed by atoms with van der Waals surface area (Å²) in [5, 5.41) is 3.44. The van der Waals surface area contributed by atoms with Gasteiger partial charge in [-0.1, -0.05) is 48.0 Å². The summed E-state index contributed by atoms with van der Waals surface area (Å²) in [4.78, 5) is 27.8. The fourth-order valence-corrected chi connectivity index (χ4v) is 4.15. The van der Waals surface area contributed by atoms with Crippen LogP contribution in [-0.2, 0) is 16.0 Å². The molecule has 0 saturated carbocycles. The maximum Gasteiger partial charge on any atom is 0.244 e. The van der Waals surface area contributed by atoms with Crippen LogP contribution >= 0.6 is 11.6 Å². The lowest BCUT2D eigenvalue weighted by atomic mass is 9.95. The topological polar surface area (TPSA) is 67.9 Å². The van der Waals surface area contributed by atoms with Gasteiger partial charge in [0.05, 0.1) is 26.7 Å². The van der Waals surface area contributed by atoms with Crippen molar-refractivity contribution < 1.29 is 19.1 Å². The molecular formula is C25H23ClN2O4. The van der Waals surface area contributed by atoms with Gasteiger partial charge in [-0.25, -0.2) is 0 Å². The van der Waals surface area contributed by atoms with Gasteiger partial charge in [-0.3, -0.25) is 9.59 Å². The standard InChI is InChI=1S/C25H23ClN2O4/c1-31-21-11-8-16(12-22(21)32-2)13-24(30)28-15-23(29)27-20-10-9-18(26)14-19(20)25(28)17-6-4-3-5-7-17/h3-12,14,25H,13,15H2,1-2H3,(H,27,29). The quantitative estimate of drug-likeness (QED) is 0.622. The molecule has 7 heteroatoms. The van der Waals surface area contributed by atoms with E-state index in [0.717, 1.165) is 16.7 Å². The Balaban J connectivity index is 1.75. The highest BCUT2D eigenvalue weighted by Gasteiger charge is 2.33. The van der Waals surface area contributed by atoms with Crippen LogP contribution in [0.4, 0.5) is 5.69 Å². The van der Waals surface area contributed by atoms with Crippen LogP contribution in [0.1, 0.15) is 22.7 Å². The minimum atomic E-state index is -0.462. The van der Waals surface area contributed by atoms with Crippen molar-refractivity contribution in [1.29, 1.82) is 0 Å². The number of nitrogens with zero attached hydrogens (tertiary/aromatic N) is 1. The molecule has 4 rings (SSSR count). The fourth-order valence-electron chi connectivity index (χ4n) is 3.97. The number of anilines is 1. The largest absolute Gasteiger partial charge is 0.493 e. The number of methoxy groups -OCH3 is 2. The highest BCUT2D eigenvalue weighted by atomic mass is 35.5. The maximum absolute atomic E-state index is 13.5. The zero-order valence-corrected chi connectivity index (χ0v) is 18.6. The molecule has 1 atom stereocenters. The molecule has 1 heterocycles. The number of fused-ring (bicyclic) bond motifs is 1. The molecule has 3 aromatic carbocycles. The lowest BCUT2D eigenvalue weighted by Gasteiger charge is -2.31. The molecular weight excluding hydrogens is 428 g/mol. The predicted molar refractivity (Wildman–Crippen MR) is 123 cm³/mol. The van der Waals surface area contributed by atoms with E-state index >= 15 is 0 Å². The van der Waals surface area contributed by atoms with Gasteiger partial charge in [0.25, 0.3) is 0 Å². The van der Waals surface area contributed by atoms with E-state index in [-0.39, 0.29) is 24.8 Å². The highest BCUT2D eigenvalue weighted by molar-refractivity contribution is 6.30. The Morgan fingerprint density at radius 2 is 1.78 bits per heavy atom. The van der Waals surface area contributed by atoms with Gasteiger partial charge in [-0.05, 0) is 41.5 Å². The number of carbonyl (C=O) groups excluding carboxylic acids is 2. The van der Waals surface area contributed by atoms with E-state index in [1.165, 1.54) is 0 Å². The van der Waals surface area contributed by atoms with Crippen molar-refractivity contribution in [3.05, 3.63) is 88.4 Å². The van der Waals surface area contributed by atoms with Crippen LogP contribution in [0.15, 0.2) is 66.7 Å². The molecule has 0 saturated heterocycles. The Bertz CT molecular complexity index is 1150. The van der Waals surface area contributed by atoms with Crippen molar-refractivity contribution in [2.24, 2.45) is 0 Å². The molecule has 1 aliphatic heterocycles. The molecule has 2 amide bonds. The van der Waals surface area contributed by atoms with E-state index in [2.05, 4.69) is 5.32 Å². The Morgan fingerprint density at radius 3 is 2.50 bits per heavy atom. The first-order valence-electron chi connectivity index (χ1n) is 10.1. The summed E-state index contributed by atoms with van der Waals surface area (Å²) in [6, 6.07) is 19.8. The Morgan fingerprint density at radius 1 is 1.03 bits per heavy atom. The molecule has 164 valence electrons. The zero-order chi connectivity index (χ0) is 22.7. The first-order chi connectivity index (χ1) is 15.5. The minimum absolute atomic E-state index is 0.0714. The second-order valence-electron chi connectivity index (χ2n) is 7.48. The number of benzene rings is 3. The molecule has 0 aliphatic carbocycles. The molecule has 1 N–H and O–H groups in total. The van der Waals surface area contributed by atoms with Crippen molar-refractivity contribution in [3.8, 4) is 11.5 Å². The fraction of sp³-hybridized carbons (Fsp3) is 0.200. The van der Waals surface area contributed by atoms with Crippen LogP contribution < -0.4 is 14.8 Å². The van der Waals surface area contributed by atoms with Gasteiger partial charge in [-0.15, -0.1) is 0 Å². The molecule has 6 nitrogen and oxygen atoms in total. The van der Waals surface area contributed by atoms with Crippen LogP contribution in [-0.4, -0.2) is 37.5 Å². The van der Waals surface area contributed by atoms with Crippen molar-refractivity contribution >= 4 is 29.1 Å². The van der Waals surface area contributed by atoms with Crippen LogP contribution in [0.5, 0.6) is 11.5 Å². The molecule has 3 aromatic rings. The van der Waals surface area contributed by atoms with Crippen molar-refractivity contribution in [2.75, 3.05) is 26.1 Å². The van der Waals surface area contributed by atoms with Crippen LogP contribution in [0.2, 0.25) is 5.02 Å². The summed E-state index contributed by atoms with van der Waals surface area (Å²) in [5.41, 5.74) is 3.08. The number of ether oxygens (including phenoxy) is 2. The molecule has 32 heavy (non-hydrogen) atoms. The third-order valence-corrected chi connectivity index (χ3v) is 5.68. The van der Waals surface area contributed by atoms with E-state index in [9.17, 15) is 9.59 Å². The average molecular weight is 451 g/mol. The van der Waals surface area contributed by atoms with Crippen molar-refractivity contribution in [1.82, 2.24) is 4.90 Å². The monoisotopic (exact) mass is 450 g/mol. The van der Waals surface area contributed by atoms with E-state index < -0.39 is 6.04 Å². The van der Waals surface area contributed by atoms with Gasteiger partial charge in [-0.2, -0.15) is 0 Å². The molecule has 0 spiro atoms. The van der Waals surface area contributed by atoms with Gasteiger partial charge in [0, 0.05) is 16.3 Å². The number of rotatable bonds is 5. The third kappa shape index (κ3) is 4.41. The highest BCUT2D eigenvalue weighted by Crippen LogP contribution is 2.37. The van der Waals surface area contributed by atoms with Crippen molar-refractivity contribution in [2.45, 2.75) is 12.5 Å². The van der Waals surface area contributed by atoms with Gasteiger partial charge >= 0.3 is 0 Å². The smallest absolute Gasteiger partial charge is 0.244 e. The number of amides is 2. The second-order valence-corrected chi connectivity index (χ2v) is 7.92. The lowest BCUT2D eigenvalue weighted by Crippen LogP contribution is -2.39. The third-order valence-electron chi connectivity index (χ3n) is 5.45. The van der Waals surface area contributed by atoms with Crippen molar-refractivity contribution in [3.63, 3.8) is 0 Å². The molecule has 0 radical (unpaired) electrons. The van der Waals surface area contributed by atoms with E-state index in [0.29, 0.717) is 22.2 Å². The summed E-state index contributed by atoms with van der Waals surface area (Å²) in [6.45, 7) is -0.0714. The lowest BCUT2D eigenvalue weighted by molar-refractivity contribution is -0.135. The Labute approximate surface area is 191 Å². The first-order valence-corrected chi connectivity index (χ1v) is 10.5. The molecule has 1 aliphatic rings. The molecule has 1 unspecified atom stereocenters. The number of hydrogen-bond donors (Lipinski definition) is 1. The van der Waals surface area contributed by atoms with Gasteiger partial charge in [0.2, 0.25) is 11.8 Å². The maximum atomic E-state index is 13.5. The number of nitrogens with one attached hydrogen (secondary N) is 1. The Kier molecular flexibility index (Phi) is 6.32. The first kappa shape index (κ1) is 21.7. The number of hydrogen-bond acceptors (Lipinski definition) is 4. The van der Waals surface area contributed by atoms with E-state index in [1.54, 1.807) is 49.5 Å². The predicted octanol–water partition coefficient (Wildman–Crippen LogP) is 4.47. The Hall–Kier alpha value is -3.51. The number of carbonyl (C=O) groups is 2. The average Bonchev–Trinajstić information content (AvgIpc) is 2.95. The van der Waals surface area contributed by atoms with Crippen LogP contribution in [0, 0.1) is 0 Å². The van der Waals surface area contributed by atoms with E-state index in [1.807, 2.05) is 36.4 Å². The van der Waals surface area contributed by atoms with Gasteiger partial charge in [0.15, 0.2) is 11.5 Å². The summed E-state index contributed by atoms with van der Waals surface area (Å²) < 4.78 is 10.6. The van der Waals surface area contributed by atoms with Crippen LogP contribution in [0.25, 0.3) is 0 Å². The van der Waals surface area contributed by atoms with Crippen LogP contribution in [0.3, 0.4) is 0 Å². The zero-order valence-electron chi connectivity index (χ0n) is 17.8. The summed E-state index contributed by atoms with van der Waals surface area (Å²) in [6.07, 6.45) is 0.104. The second kappa shape index (κ2) is 9.32. The van der Waals surface area contributed by atoms with Gasteiger partial charge < -0.3 is 19.7 Å². The number of halogens is 1. The molecule has 0 aromatic heterocycles. The summed E-state index contributed by atoms with van der Waals surface area (Å²) in [7, 11) is 3.11. The molecule has 0 bridgehead atoms. The SMILES string of the molecule is COc1ccc(CC(=O)N2CC(=O)Nc3ccc(Cl)cc3C2c2ccccc2)cc1OC. The van der Waals surface area contributed by atoms with E-state index in [4.69, 9.17) is 21.1 Å². The normalized spacial score (nSPS) is 15.4. The summed E-state index contributed by atoms with van der Waals surface area (Å²) in [5.74, 6) is 0.688.